The number of fused-ring (bicyclic) bond motifs is 1. The van der Waals surface area contributed by atoms with E-state index in [1.165, 1.54) is 0 Å². The summed E-state index contributed by atoms with van der Waals surface area (Å²) in [5.41, 5.74) is 3.39. The van der Waals surface area contributed by atoms with Crippen LogP contribution in [0.25, 0.3) is 10.8 Å². The molecule has 0 aliphatic heterocycles. The molecule has 0 bridgehead atoms. The molecule has 0 saturated heterocycles. The number of hydrogen-bond acceptors (Lipinski definition) is 3. The van der Waals surface area contributed by atoms with E-state index in [1.807, 2.05) is 43.3 Å². The Hall–Kier alpha value is -2.07. The fourth-order valence-electron chi connectivity index (χ4n) is 2.12. The van der Waals surface area contributed by atoms with Crippen LogP contribution in [0.15, 0.2) is 36.4 Å². The summed E-state index contributed by atoms with van der Waals surface area (Å²) in [6, 6.07) is 11.9. The Bertz CT molecular complexity index is 595. The minimum atomic E-state index is -0.105. The fourth-order valence-corrected chi connectivity index (χ4v) is 2.12. The largest absolute Gasteiger partial charge is 0.496 e. The molecule has 2 aromatic rings. The third-order valence-corrected chi connectivity index (χ3v) is 3.10. The Morgan fingerprint density at radius 1 is 1.20 bits per heavy atom. The summed E-state index contributed by atoms with van der Waals surface area (Å²) in [5, 5.41) is 2.18. The van der Waals surface area contributed by atoms with E-state index in [9.17, 15) is 4.79 Å². The second kappa shape index (κ2) is 6.91. The van der Waals surface area contributed by atoms with Gasteiger partial charge in [0.05, 0.1) is 7.11 Å². The maximum atomic E-state index is 11.4. The van der Waals surface area contributed by atoms with Crippen molar-refractivity contribution in [1.82, 2.24) is 5.48 Å². The molecule has 0 aliphatic carbocycles. The highest BCUT2D eigenvalue weighted by molar-refractivity contribution is 5.87. The van der Waals surface area contributed by atoms with Crippen molar-refractivity contribution in [2.24, 2.45) is 0 Å². The van der Waals surface area contributed by atoms with E-state index in [2.05, 4.69) is 5.48 Å². The van der Waals surface area contributed by atoms with Gasteiger partial charge in [-0.3, -0.25) is 9.63 Å². The summed E-state index contributed by atoms with van der Waals surface area (Å²) in [5.74, 6) is 0.653. The van der Waals surface area contributed by atoms with Gasteiger partial charge in [-0.2, -0.15) is 0 Å². The van der Waals surface area contributed by atoms with Gasteiger partial charge in [-0.25, -0.2) is 5.48 Å². The van der Waals surface area contributed by atoms with Gasteiger partial charge < -0.3 is 4.74 Å². The maximum Gasteiger partial charge on any atom is 0.243 e. The number of nitrogens with one attached hydrogen (secondary N) is 1. The molecule has 2 rings (SSSR count). The molecule has 4 heteroatoms. The molecule has 0 saturated carbocycles. The smallest absolute Gasteiger partial charge is 0.243 e. The van der Waals surface area contributed by atoms with Crippen LogP contribution in [0.4, 0.5) is 0 Å². The zero-order chi connectivity index (χ0) is 14.4. The number of carbonyl (C=O) groups is 1. The molecule has 0 atom stereocenters. The standard InChI is InChI=1S/C16H19NO3/c1-3-6-16(18)17-20-11-14-13-8-5-4-7-12(13)9-10-15(14)19-2/h4-5,7-10H,3,6,11H2,1-2H3,(H,17,18). The minimum Gasteiger partial charge on any atom is -0.496 e. The Morgan fingerprint density at radius 2 is 2.00 bits per heavy atom. The van der Waals surface area contributed by atoms with E-state index in [-0.39, 0.29) is 12.5 Å². The van der Waals surface area contributed by atoms with E-state index in [0.717, 1.165) is 28.5 Å². The van der Waals surface area contributed by atoms with Crippen molar-refractivity contribution < 1.29 is 14.4 Å². The van der Waals surface area contributed by atoms with E-state index < -0.39 is 0 Å². The number of benzene rings is 2. The van der Waals surface area contributed by atoms with Crippen molar-refractivity contribution in [3.8, 4) is 5.75 Å². The molecular weight excluding hydrogens is 254 g/mol. The van der Waals surface area contributed by atoms with Crippen LogP contribution in [0.2, 0.25) is 0 Å². The Kier molecular flexibility index (Phi) is 4.96. The molecular formula is C16H19NO3. The Morgan fingerprint density at radius 3 is 2.75 bits per heavy atom. The molecule has 1 amide bonds. The second-order valence-corrected chi connectivity index (χ2v) is 4.53. The Balaban J connectivity index is 2.17. The fraction of sp³-hybridized carbons (Fsp3) is 0.312. The lowest BCUT2D eigenvalue weighted by Gasteiger charge is -2.12. The number of hydrogen-bond donors (Lipinski definition) is 1. The van der Waals surface area contributed by atoms with Gasteiger partial charge in [0, 0.05) is 12.0 Å². The third-order valence-electron chi connectivity index (χ3n) is 3.10. The zero-order valence-electron chi connectivity index (χ0n) is 11.8. The number of hydroxylamine groups is 1. The molecule has 4 nitrogen and oxygen atoms in total. The lowest BCUT2D eigenvalue weighted by Crippen LogP contribution is -2.23. The number of methoxy groups -OCH3 is 1. The van der Waals surface area contributed by atoms with Crippen molar-refractivity contribution in [3.63, 3.8) is 0 Å². The van der Waals surface area contributed by atoms with Crippen LogP contribution >= 0.6 is 0 Å². The van der Waals surface area contributed by atoms with Crippen molar-refractivity contribution in [1.29, 1.82) is 0 Å². The third kappa shape index (κ3) is 3.27. The lowest BCUT2D eigenvalue weighted by atomic mass is 10.0. The van der Waals surface area contributed by atoms with Crippen molar-refractivity contribution in [3.05, 3.63) is 42.0 Å². The molecule has 106 valence electrons. The number of carbonyl (C=O) groups excluding carboxylic acids is 1. The minimum absolute atomic E-state index is 0.105. The average Bonchev–Trinajstić information content (AvgIpc) is 2.47. The molecule has 0 spiro atoms. The highest BCUT2D eigenvalue weighted by Gasteiger charge is 2.09. The number of ether oxygens (including phenoxy) is 1. The molecule has 20 heavy (non-hydrogen) atoms. The van der Waals surface area contributed by atoms with Crippen molar-refractivity contribution >= 4 is 16.7 Å². The molecule has 2 aromatic carbocycles. The summed E-state index contributed by atoms with van der Waals surface area (Å²) < 4.78 is 5.37. The molecule has 1 N–H and O–H groups in total. The first kappa shape index (κ1) is 14.3. The van der Waals surface area contributed by atoms with Crippen molar-refractivity contribution in [2.75, 3.05) is 7.11 Å². The van der Waals surface area contributed by atoms with Crippen LogP contribution in [0, 0.1) is 0 Å². The summed E-state index contributed by atoms with van der Waals surface area (Å²) in [6.07, 6.45) is 1.26. The van der Waals surface area contributed by atoms with Crippen LogP contribution in [-0.2, 0) is 16.2 Å². The van der Waals surface area contributed by atoms with E-state index in [1.54, 1.807) is 7.11 Å². The molecule has 0 unspecified atom stereocenters. The van der Waals surface area contributed by atoms with E-state index >= 15 is 0 Å². The topological polar surface area (TPSA) is 47.6 Å². The highest BCUT2D eigenvalue weighted by atomic mass is 16.7. The lowest BCUT2D eigenvalue weighted by molar-refractivity contribution is -0.134. The van der Waals surface area contributed by atoms with Gasteiger partial charge in [0.15, 0.2) is 0 Å². The van der Waals surface area contributed by atoms with Gasteiger partial charge in [0.2, 0.25) is 5.91 Å². The van der Waals surface area contributed by atoms with E-state index in [4.69, 9.17) is 9.57 Å². The van der Waals surface area contributed by atoms with Crippen molar-refractivity contribution in [2.45, 2.75) is 26.4 Å². The second-order valence-electron chi connectivity index (χ2n) is 4.53. The Labute approximate surface area is 118 Å². The summed E-state index contributed by atoms with van der Waals surface area (Å²) >= 11 is 0. The first-order valence-electron chi connectivity index (χ1n) is 6.71. The maximum absolute atomic E-state index is 11.4. The molecule has 0 radical (unpaired) electrons. The first-order chi connectivity index (χ1) is 9.76. The number of rotatable bonds is 6. The van der Waals surface area contributed by atoms with Crippen LogP contribution in [-0.4, -0.2) is 13.0 Å². The van der Waals surface area contributed by atoms with Crippen LogP contribution < -0.4 is 10.2 Å². The normalized spacial score (nSPS) is 10.5. The average molecular weight is 273 g/mol. The summed E-state index contributed by atoms with van der Waals surface area (Å²) in [4.78, 5) is 16.7. The van der Waals surface area contributed by atoms with E-state index in [0.29, 0.717) is 6.42 Å². The van der Waals surface area contributed by atoms with Gasteiger partial charge in [0.1, 0.15) is 12.4 Å². The summed E-state index contributed by atoms with van der Waals surface area (Å²) in [7, 11) is 1.63. The summed E-state index contributed by atoms with van der Waals surface area (Å²) in [6.45, 7) is 2.23. The van der Waals surface area contributed by atoms with Gasteiger partial charge in [-0.15, -0.1) is 0 Å². The SMILES string of the molecule is CCCC(=O)NOCc1c(OC)ccc2ccccc12. The highest BCUT2D eigenvalue weighted by Crippen LogP contribution is 2.28. The molecule has 0 heterocycles. The van der Waals surface area contributed by atoms with Gasteiger partial charge in [0.25, 0.3) is 0 Å². The van der Waals surface area contributed by atoms with Crippen LogP contribution in [0.3, 0.4) is 0 Å². The van der Waals surface area contributed by atoms with Gasteiger partial charge >= 0.3 is 0 Å². The monoisotopic (exact) mass is 273 g/mol. The van der Waals surface area contributed by atoms with Gasteiger partial charge in [-0.05, 0) is 23.3 Å². The van der Waals surface area contributed by atoms with Gasteiger partial charge in [-0.1, -0.05) is 37.3 Å². The molecule has 0 aliphatic rings. The molecule has 0 aromatic heterocycles. The molecule has 0 fully saturated rings. The predicted octanol–water partition coefficient (Wildman–Crippen LogP) is 3.20. The van der Waals surface area contributed by atoms with Crippen LogP contribution in [0.1, 0.15) is 25.3 Å². The first-order valence-corrected chi connectivity index (χ1v) is 6.71. The quantitative estimate of drug-likeness (QED) is 0.822. The van der Waals surface area contributed by atoms with Crippen LogP contribution in [0.5, 0.6) is 5.75 Å². The predicted molar refractivity (Wildman–Crippen MR) is 78.3 cm³/mol. The zero-order valence-corrected chi connectivity index (χ0v) is 11.8. The number of amides is 1.